The monoisotopic (exact) mass is 831 g/mol. The summed E-state index contributed by atoms with van der Waals surface area (Å²) in [7, 11) is 0. The van der Waals surface area contributed by atoms with Crippen LogP contribution in [0, 0.1) is 13.8 Å². The van der Waals surface area contributed by atoms with Crippen molar-refractivity contribution in [1.29, 1.82) is 0 Å². The molecular formula is C32H25Br4N3O4. The van der Waals surface area contributed by atoms with Crippen molar-refractivity contribution in [2.75, 3.05) is 0 Å². The van der Waals surface area contributed by atoms with Crippen molar-refractivity contribution in [2.45, 2.75) is 27.1 Å². The van der Waals surface area contributed by atoms with Crippen LogP contribution in [-0.4, -0.2) is 16.7 Å². The lowest BCUT2D eigenvalue weighted by atomic mass is 10.2. The van der Waals surface area contributed by atoms with E-state index in [0.29, 0.717) is 23.9 Å². The fraction of sp³-hybridized carbons (Fsp3) is 0.125. The normalized spacial score (nSPS) is 11.2. The Balaban J connectivity index is 1.13. The van der Waals surface area contributed by atoms with E-state index < -0.39 is 5.91 Å². The second kappa shape index (κ2) is 14.1. The van der Waals surface area contributed by atoms with Crippen molar-refractivity contribution < 1.29 is 18.7 Å². The molecule has 220 valence electrons. The number of rotatable bonds is 10. The molecular weight excluding hydrogens is 810 g/mol. The van der Waals surface area contributed by atoms with Gasteiger partial charge in [-0.05, 0) is 124 Å². The molecule has 7 nitrogen and oxygen atoms in total. The number of nitrogens with one attached hydrogen (secondary N) is 1. The first-order valence-corrected chi connectivity index (χ1v) is 16.2. The third kappa shape index (κ3) is 7.89. The highest BCUT2D eigenvalue weighted by Crippen LogP contribution is 2.35. The van der Waals surface area contributed by atoms with Crippen LogP contribution in [-0.2, 0) is 13.2 Å². The van der Waals surface area contributed by atoms with Gasteiger partial charge in [-0.25, -0.2) is 5.43 Å². The quantitative estimate of drug-likeness (QED) is 0.112. The fourth-order valence-corrected chi connectivity index (χ4v) is 6.91. The average Bonchev–Trinajstić information content (AvgIpc) is 3.59. The maximum absolute atomic E-state index is 12.6. The molecule has 5 rings (SSSR count). The van der Waals surface area contributed by atoms with Gasteiger partial charge in [-0.2, -0.15) is 5.10 Å². The first kappa shape index (κ1) is 31.3. The van der Waals surface area contributed by atoms with E-state index in [-0.39, 0.29) is 12.4 Å². The number of halogens is 4. The standard InChI is InChI=1S/C32H25Br4N3O4/c1-19-3-4-20(2)39(19)24-7-9-25(10-8-24)41-18-26-11-12-30(43-26)32(40)38-37-16-21-13-28(35)31(29(36)14-21)42-17-22-5-6-23(33)15-27(22)34/h3-16H,17-18H2,1-2H3,(H,38,40)/b37-16+. The van der Waals surface area contributed by atoms with Gasteiger partial charge in [-0.1, -0.05) is 37.9 Å². The van der Waals surface area contributed by atoms with Crippen LogP contribution in [0.2, 0.25) is 0 Å². The minimum atomic E-state index is -0.470. The Kier molecular flexibility index (Phi) is 10.3. The van der Waals surface area contributed by atoms with Gasteiger partial charge in [0.2, 0.25) is 0 Å². The number of carbonyl (C=O) groups is 1. The van der Waals surface area contributed by atoms with Gasteiger partial charge in [0.15, 0.2) is 5.76 Å². The Labute approximate surface area is 282 Å². The van der Waals surface area contributed by atoms with E-state index in [1.807, 2.05) is 54.6 Å². The van der Waals surface area contributed by atoms with Crippen molar-refractivity contribution in [3.63, 3.8) is 0 Å². The molecule has 0 aliphatic rings. The smallest absolute Gasteiger partial charge is 0.307 e. The van der Waals surface area contributed by atoms with Gasteiger partial charge in [0.25, 0.3) is 0 Å². The van der Waals surface area contributed by atoms with Gasteiger partial charge in [-0.15, -0.1) is 0 Å². The zero-order valence-electron chi connectivity index (χ0n) is 23.0. The molecule has 2 aromatic heterocycles. The number of furan rings is 1. The first-order valence-electron chi connectivity index (χ1n) is 13.0. The van der Waals surface area contributed by atoms with Crippen LogP contribution >= 0.6 is 63.7 Å². The number of hydrogen-bond acceptors (Lipinski definition) is 5. The summed E-state index contributed by atoms with van der Waals surface area (Å²) in [4.78, 5) is 12.6. The van der Waals surface area contributed by atoms with Gasteiger partial charge in [0, 0.05) is 31.6 Å². The molecule has 0 saturated heterocycles. The van der Waals surface area contributed by atoms with Crippen LogP contribution in [0.25, 0.3) is 5.69 Å². The van der Waals surface area contributed by atoms with Gasteiger partial charge in [0.1, 0.15) is 30.5 Å². The number of nitrogens with zero attached hydrogens (tertiary/aromatic N) is 2. The number of benzene rings is 3. The summed E-state index contributed by atoms with van der Waals surface area (Å²) >= 11 is 14.1. The van der Waals surface area contributed by atoms with Gasteiger partial charge < -0.3 is 18.5 Å². The molecule has 0 radical (unpaired) electrons. The topological polar surface area (TPSA) is 78.0 Å². The maximum atomic E-state index is 12.6. The zero-order chi connectivity index (χ0) is 30.5. The summed E-state index contributed by atoms with van der Waals surface area (Å²) in [6.45, 7) is 4.72. The Morgan fingerprint density at radius 1 is 0.837 bits per heavy atom. The molecule has 0 saturated carbocycles. The van der Waals surface area contributed by atoms with Crippen LogP contribution in [0.15, 0.2) is 106 Å². The molecule has 0 fully saturated rings. The third-order valence-electron chi connectivity index (χ3n) is 6.42. The predicted molar refractivity (Wildman–Crippen MR) is 181 cm³/mol. The molecule has 0 spiro atoms. The number of carbonyl (C=O) groups excluding carboxylic acids is 1. The summed E-state index contributed by atoms with van der Waals surface area (Å²) in [5, 5.41) is 4.08. The van der Waals surface area contributed by atoms with Crippen molar-refractivity contribution in [3.05, 3.63) is 131 Å². The van der Waals surface area contributed by atoms with Crippen LogP contribution in [0.3, 0.4) is 0 Å². The zero-order valence-corrected chi connectivity index (χ0v) is 29.4. The van der Waals surface area contributed by atoms with Crippen molar-refractivity contribution >= 4 is 75.8 Å². The Morgan fingerprint density at radius 2 is 1.53 bits per heavy atom. The molecule has 0 aliphatic heterocycles. The SMILES string of the molecule is Cc1ccc(C)n1-c1ccc(OCc2ccc(C(=O)N/N=C/c3cc(Br)c(OCc4ccc(Br)cc4Br)c(Br)c3)o2)cc1. The minimum absolute atomic E-state index is 0.134. The summed E-state index contributed by atoms with van der Waals surface area (Å²) in [6.07, 6.45) is 1.54. The summed E-state index contributed by atoms with van der Waals surface area (Å²) < 4.78 is 23.1. The van der Waals surface area contributed by atoms with Crippen molar-refractivity contribution in [3.8, 4) is 17.2 Å². The van der Waals surface area contributed by atoms with Crippen LogP contribution < -0.4 is 14.9 Å². The van der Waals surface area contributed by atoms with E-state index in [4.69, 9.17) is 13.9 Å². The molecule has 43 heavy (non-hydrogen) atoms. The minimum Gasteiger partial charge on any atom is -0.486 e. The third-order valence-corrected chi connectivity index (χ3v) is 8.83. The lowest BCUT2D eigenvalue weighted by Crippen LogP contribution is -2.16. The Morgan fingerprint density at radius 3 is 2.21 bits per heavy atom. The summed E-state index contributed by atoms with van der Waals surface area (Å²) in [5.74, 6) is 1.54. The molecule has 2 heterocycles. The Hall–Kier alpha value is -3.12. The van der Waals surface area contributed by atoms with Gasteiger partial charge in [-0.3, -0.25) is 4.79 Å². The lowest BCUT2D eigenvalue weighted by Gasteiger charge is -2.12. The van der Waals surface area contributed by atoms with Crippen LogP contribution in [0.5, 0.6) is 11.5 Å². The van der Waals surface area contributed by atoms with E-state index in [0.717, 1.165) is 34.7 Å². The van der Waals surface area contributed by atoms with E-state index in [1.54, 1.807) is 12.1 Å². The van der Waals surface area contributed by atoms with E-state index in [1.165, 1.54) is 17.6 Å². The lowest BCUT2D eigenvalue weighted by molar-refractivity contribution is 0.0923. The second-order valence-corrected chi connectivity index (χ2v) is 13.0. The molecule has 0 atom stereocenters. The largest absolute Gasteiger partial charge is 0.486 e. The van der Waals surface area contributed by atoms with Crippen molar-refractivity contribution in [2.24, 2.45) is 5.10 Å². The second-order valence-electron chi connectivity index (χ2n) is 9.54. The van der Waals surface area contributed by atoms with Gasteiger partial charge in [0.05, 0.1) is 15.2 Å². The van der Waals surface area contributed by atoms with Crippen LogP contribution in [0.1, 0.15) is 38.8 Å². The molecule has 0 unspecified atom stereocenters. The molecule has 5 aromatic rings. The highest BCUT2D eigenvalue weighted by Gasteiger charge is 2.13. The number of amides is 1. The fourth-order valence-electron chi connectivity index (χ4n) is 4.30. The number of ether oxygens (including phenoxy) is 2. The summed E-state index contributed by atoms with van der Waals surface area (Å²) in [5.41, 5.74) is 7.66. The number of hydrazone groups is 1. The molecule has 11 heteroatoms. The highest BCUT2D eigenvalue weighted by molar-refractivity contribution is 9.11. The first-order chi connectivity index (χ1) is 20.7. The average molecular weight is 835 g/mol. The van der Waals surface area contributed by atoms with Crippen LogP contribution in [0.4, 0.5) is 0 Å². The number of aromatic nitrogens is 1. The number of aryl methyl sites for hydroxylation is 2. The molecule has 3 aromatic carbocycles. The molecule has 1 N–H and O–H groups in total. The van der Waals surface area contributed by atoms with E-state index >= 15 is 0 Å². The molecule has 1 amide bonds. The predicted octanol–water partition coefficient (Wildman–Crippen LogP) is 9.66. The Bertz CT molecular complexity index is 1750. The number of hydrogen-bond donors (Lipinski definition) is 1. The van der Waals surface area contributed by atoms with E-state index in [2.05, 4.69) is 105 Å². The summed E-state index contributed by atoms with van der Waals surface area (Å²) in [6, 6.07) is 24.9. The highest BCUT2D eigenvalue weighted by atomic mass is 79.9. The van der Waals surface area contributed by atoms with Crippen molar-refractivity contribution in [1.82, 2.24) is 9.99 Å². The van der Waals surface area contributed by atoms with E-state index in [9.17, 15) is 4.79 Å². The molecule has 0 aliphatic carbocycles. The maximum Gasteiger partial charge on any atom is 0.307 e. The molecule has 0 bridgehead atoms. The van der Waals surface area contributed by atoms with Gasteiger partial charge >= 0.3 is 5.91 Å².